The number of thioether (sulfide) groups is 1. The Bertz CT molecular complexity index is 1440. The maximum absolute atomic E-state index is 13.5. The van der Waals surface area contributed by atoms with Gasteiger partial charge < -0.3 is 25.4 Å². The van der Waals surface area contributed by atoms with Crippen LogP contribution in [0, 0.1) is 0 Å². The van der Waals surface area contributed by atoms with Gasteiger partial charge >= 0.3 is 0 Å². The average Bonchev–Trinajstić information content (AvgIpc) is 2.96. The van der Waals surface area contributed by atoms with Gasteiger partial charge in [-0.05, 0) is 48.7 Å². The number of para-hydroxylation sites is 2. The van der Waals surface area contributed by atoms with Crippen molar-refractivity contribution in [3.05, 3.63) is 95.2 Å². The summed E-state index contributed by atoms with van der Waals surface area (Å²) < 4.78 is 11.0. The number of nitrogens with one attached hydrogen (secondary N) is 3. The number of amides is 2. The molecule has 0 aromatic heterocycles. The molecule has 2 amide bonds. The van der Waals surface area contributed by atoms with E-state index in [4.69, 9.17) is 14.5 Å². The molecule has 0 unspecified atom stereocenters. The number of rotatable bonds is 9. The molecular weight excluding hydrogens is 524 g/mol. The topological polar surface area (TPSA) is 101 Å². The van der Waals surface area contributed by atoms with E-state index in [1.165, 1.54) is 11.8 Å². The molecule has 3 aromatic rings. The van der Waals surface area contributed by atoms with Gasteiger partial charge in [0.2, 0.25) is 5.91 Å². The lowest BCUT2D eigenvalue weighted by Crippen LogP contribution is -2.33. The molecule has 4 rings (SSSR count). The first-order valence-corrected chi connectivity index (χ1v) is 13.9. The van der Waals surface area contributed by atoms with Gasteiger partial charge in [-0.25, -0.2) is 4.99 Å². The van der Waals surface area contributed by atoms with E-state index in [0.29, 0.717) is 39.2 Å². The van der Waals surface area contributed by atoms with Gasteiger partial charge in [0, 0.05) is 28.7 Å². The number of benzene rings is 3. The third-order valence-corrected chi connectivity index (χ3v) is 7.31. The molecule has 40 heavy (non-hydrogen) atoms. The molecule has 0 saturated heterocycles. The summed E-state index contributed by atoms with van der Waals surface area (Å²) in [6.45, 7) is 6.01. The van der Waals surface area contributed by atoms with Crippen molar-refractivity contribution in [3.63, 3.8) is 0 Å². The van der Waals surface area contributed by atoms with Crippen molar-refractivity contribution in [2.75, 3.05) is 30.6 Å². The smallest absolute Gasteiger partial charge is 0.255 e. The zero-order chi connectivity index (χ0) is 28.6. The first-order chi connectivity index (χ1) is 19.3. The van der Waals surface area contributed by atoms with Crippen molar-refractivity contribution in [3.8, 4) is 11.5 Å². The number of hydrogen-bond donors (Lipinski definition) is 3. The van der Waals surface area contributed by atoms with Gasteiger partial charge in [-0.2, -0.15) is 0 Å². The van der Waals surface area contributed by atoms with E-state index < -0.39 is 6.04 Å². The Labute approximate surface area is 239 Å². The highest BCUT2D eigenvalue weighted by atomic mass is 32.2. The van der Waals surface area contributed by atoms with Crippen LogP contribution in [0.5, 0.6) is 11.5 Å². The van der Waals surface area contributed by atoms with E-state index in [9.17, 15) is 9.59 Å². The van der Waals surface area contributed by atoms with Crippen LogP contribution in [0.1, 0.15) is 43.9 Å². The Morgan fingerprint density at radius 2 is 1.70 bits per heavy atom. The SMILES string of the molecule is COc1ccc([C@@H]2N=C(SCC(=O)Nc3ccccc3C(C)C)NC(C)=C2C(=O)Nc2ccccc2)c(OC)c1. The molecule has 3 N–H and O–H groups in total. The van der Waals surface area contributed by atoms with Crippen LogP contribution in [0.4, 0.5) is 11.4 Å². The second kappa shape index (κ2) is 13.2. The number of amidine groups is 1. The van der Waals surface area contributed by atoms with E-state index in [1.54, 1.807) is 20.3 Å². The standard InChI is InChI=1S/C31H34N4O4S/c1-19(2)23-13-9-10-14-25(23)34-27(36)18-40-31-32-20(3)28(30(37)33-21-11-7-6-8-12-21)29(35-31)24-16-15-22(38-4)17-26(24)39-5/h6-17,19,29H,18H2,1-5H3,(H,32,35)(H,33,37)(H,34,36)/t29-/m0/s1. The maximum Gasteiger partial charge on any atom is 0.255 e. The Kier molecular flexibility index (Phi) is 9.50. The van der Waals surface area contributed by atoms with Crippen molar-refractivity contribution in [2.24, 2.45) is 4.99 Å². The first kappa shape index (κ1) is 28.8. The van der Waals surface area contributed by atoms with Crippen molar-refractivity contribution in [2.45, 2.75) is 32.7 Å². The second-order valence-electron chi connectivity index (χ2n) is 9.51. The summed E-state index contributed by atoms with van der Waals surface area (Å²) in [5, 5.41) is 9.74. The largest absolute Gasteiger partial charge is 0.497 e. The quantitative estimate of drug-likeness (QED) is 0.293. The number of aliphatic imine (C=N–C) groups is 1. The van der Waals surface area contributed by atoms with Gasteiger partial charge in [0.05, 0.1) is 25.5 Å². The van der Waals surface area contributed by atoms with E-state index in [0.717, 1.165) is 11.3 Å². The normalized spacial score (nSPS) is 14.8. The Hall–Kier alpha value is -4.24. The summed E-state index contributed by atoms with van der Waals surface area (Å²) in [5.74, 6) is 1.17. The molecular formula is C31H34N4O4S. The van der Waals surface area contributed by atoms with Crippen molar-refractivity contribution < 1.29 is 19.1 Å². The van der Waals surface area contributed by atoms with Crippen LogP contribution in [0.2, 0.25) is 0 Å². The zero-order valence-corrected chi connectivity index (χ0v) is 24.1. The number of ether oxygens (including phenoxy) is 2. The van der Waals surface area contributed by atoms with Crippen molar-refractivity contribution in [1.29, 1.82) is 0 Å². The van der Waals surface area contributed by atoms with Gasteiger partial charge in [0.15, 0.2) is 5.17 Å². The number of hydrogen-bond acceptors (Lipinski definition) is 7. The summed E-state index contributed by atoms with van der Waals surface area (Å²) in [6, 6.07) is 21.8. The van der Waals surface area contributed by atoms with Crippen molar-refractivity contribution >= 4 is 40.1 Å². The number of allylic oxidation sites excluding steroid dienone is 1. The molecule has 1 atom stereocenters. The van der Waals surface area contributed by atoms with Crippen molar-refractivity contribution in [1.82, 2.24) is 5.32 Å². The molecule has 0 bridgehead atoms. The third-order valence-electron chi connectivity index (χ3n) is 6.43. The van der Waals surface area contributed by atoms with Gasteiger partial charge in [0.25, 0.3) is 5.91 Å². The zero-order valence-electron chi connectivity index (χ0n) is 23.3. The minimum absolute atomic E-state index is 0.142. The number of methoxy groups -OCH3 is 2. The van der Waals surface area contributed by atoms with Crippen LogP contribution in [-0.4, -0.2) is 37.0 Å². The van der Waals surface area contributed by atoms with Gasteiger partial charge in [-0.3, -0.25) is 9.59 Å². The highest BCUT2D eigenvalue weighted by Gasteiger charge is 2.32. The van der Waals surface area contributed by atoms with E-state index in [-0.39, 0.29) is 23.5 Å². The Morgan fingerprint density at radius 1 is 0.975 bits per heavy atom. The predicted molar refractivity (Wildman–Crippen MR) is 162 cm³/mol. The molecule has 1 aliphatic heterocycles. The fourth-order valence-electron chi connectivity index (χ4n) is 4.44. The lowest BCUT2D eigenvalue weighted by Gasteiger charge is -2.27. The molecule has 0 radical (unpaired) electrons. The highest BCUT2D eigenvalue weighted by molar-refractivity contribution is 8.14. The summed E-state index contributed by atoms with van der Waals surface area (Å²) in [4.78, 5) is 31.3. The van der Waals surface area contributed by atoms with Crippen LogP contribution in [0.15, 0.2) is 89.1 Å². The van der Waals surface area contributed by atoms with Gasteiger partial charge in [-0.1, -0.05) is 62.0 Å². The van der Waals surface area contributed by atoms with Crippen LogP contribution < -0.4 is 25.4 Å². The molecule has 3 aromatic carbocycles. The monoisotopic (exact) mass is 558 g/mol. The summed E-state index contributed by atoms with van der Waals surface area (Å²) >= 11 is 1.28. The van der Waals surface area contributed by atoms with Gasteiger partial charge in [-0.15, -0.1) is 0 Å². The number of anilines is 2. The summed E-state index contributed by atoms with van der Waals surface area (Å²) in [6.07, 6.45) is 0. The minimum Gasteiger partial charge on any atom is -0.497 e. The molecule has 1 aliphatic rings. The van der Waals surface area contributed by atoms with Crippen LogP contribution >= 0.6 is 11.8 Å². The van der Waals surface area contributed by atoms with E-state index >= 15 is 0 Å². The van der Waals surface area contributed by atoms with Crippen LogP contribution in [0.25, 0.3) is 0 Å². The molecule has 0 saturated carbocycles. The first-order valence-electron chi connectivity index (χ1n) is 13.0. The average molecular weight is 559 g/mol. The Balaban J connectivity index is 1.60. The summed E-state index contributed by atoms with van der Waals surface area (Å²) in [5.41, 5.74) is 4.35. The van der Waals surface area contributed by atoms with Crippen LogP contribution in [0.3, 0.4) is 0 Å². The highest BCUT2D eigenvalue weighted by Crippen LogP contribution is 2.39. The molecule has 208 valence electrons. The number of carbonyl (C=O) groups is 2. The lowest BCUT2D eigenvalue weighted by atomic mass is 9.95. The fourth-order valence-corrected chi connectivity index (χ4v) is 5.18. The van der Waals surface area contributed by atoms with Crippen LogP contribution in [-0.2, 0) is 9.59 Å². The fraction of sp³-hybridized carbons (Fsp3) is 0.258. The molecule has 0 spiro atoms. The van der Waals surface area contributed by atoms with E-state index in [2.05, 4.69) is 29.8 Å². The third kappa shape index (κ3) is 6.84. The summed E-state index contributed by atoms with van der Waals surface area (Å²) in [7, 11) is 3.15. The number of carbonyl (C=O) groups excluding carboxylic acids is 2. The minimum atomic E-state index is -0.668. The van der Waals surface area contributed by atoms with E-state index in [1.807, 2.05) is 73.7 Å². The Morgan fingerprint density at radius 3 is 2.40 bits per heavy atom. The molecule has 0 fully saturated rings. The predicted octanol–water partition coefficient (Wildman–Crippen LogP) is 6.11. The molecule has 8 nitrogen and oxygen atoms in total. The van der Waals surface area contributed by atoms with Gasteiger partial charge in [0.1, 0.15) is 17.5 Å². The molecule has 0 aliphatic carbocycles. The lowest BCUT2D eigenvalue weighted by molar-refractivity contribution is -0.114. The molecule has 9 heteroatoms. The maximum atomic E-state index is 13.5. The molecule has 1 heterocycles. The number of nitrogens with zero attached hydrogens (tertiary/aromatic N) is 1. The second-order valence-corrected chi connectivity index (χ2v) is 10.5.